The van der Waals surface area contributed by atoms with E-state index < -0.39 is 10.0 Å². The molecule has 0 unspecified atom stereocenters. The second-order valence-corrected chi connectivity index (χ2v) is 10.7. The fourth-order valence-electron chi connectivity index (χ4n) is 5.00. The van der Waals surface area contributed by atoms with E-state index in [1.165, 1.54) is 0 Å². The first-order chi connectivity index (χ1) is 14.3. The highest BCUT2D eigenvalue weighted by molar-refractivity contribution is 7.88. The first-order valence-corrected chi connectivity index (χ1v) is 12.9. The van der Waals surface area contributed by atoms with Crippen LogP contribution in [0.3, 0.4) is 0 Å². The first kappa shape index (κ1) is 21.9. The Hall–Kier alpha value is -1.35. The summed E-state index contributed by atoms with van der Waals surface area (Å²) < 4.78 is 38.7. The van der Waals surface area contributed by atoms with Crippen LogP contribution in [0.5, 0.6) is 5.75 Å². The van der Waals surface area contributed by atoms with E-state index >= 15 is 0 Å². The van der Waals surface area contributed by atoms with Crippen molar-refractivity contribution in [3.63, 3.8) is 0 Å². The van der Waals surface area contributed by atoms with Crippen molar-refractivity contribution in [2.45, 2.75) is 62.6 Å². The molecule has 3 aliphatic heterocycles. The molecule has 5 rings (SSSR count). The summed E-state index contributed by atoms with van der Waals surface area (Å²) in [4.78, 5) is 14.8. The van der Waals surface area contributed by atoms with Crippen LogP contribution in [0.15, 0.2) is 18.2 Å². The second kappa shape index (κ2) is 9.02. The molecule has 1 aromatic rings. The number of rotatable bonds is 2. The summed E-state index contributed by atoms with van der Waals surface area (Å²) in [5.74, 6) is 0.784. The van der Waals surface area contributed by atoms with Crippen LogP contribution in [0, 0.1) is 0 Å². The van der Waals surface area contributed by atoms with Gasteiger partial charge in [-0.2, -0.15) is 0 Å². The van der Waals surface area contributed by atoms with Crippen LogP contribution in [0.25, 0.3) is 0 Å². The largest absolute Gasteiger partial charge is 0.483 e. The molecule has 1 aliphatic carbocycles. The van der Waals surface area contributed by atoms with E-state index in [9.17, 15) is 13.2 Å². The van der Waals surface area contributed by atoms with Gasteiger partial charge >= 0.3 is 0 Å². The number of hydrogen-bond donors (Lipinski definition) is 1. The van der Waals surface area contributed by atoms with E-state index in [-0.39, 0.29) is 36.6 Å². The molecule has 1 aromatic carbocycles. The van der Waals surface area contributed by atoms with Crippen molar-refractivity contribution in [2.75, 3.05) is 26.0 Å². The summed E-state index contributed by atoms with van der Waals surface area (Å²) in [6.45, 7) is 0.779. The molecule has 1 saturated heterocycles. The van der Waals surface area contributed by atoms with Crippen molar-refractivity contribution >= 4 is 27.5 Å². The number of sulfonamides is 1. The number of nitrogens with one attached hydrogen (secondary N) is 1. The number of hydrogen-bond acceptors (Lipinski definition) is 5. The molecule has 2 bridgehead atoms. The lowest BCUT2D eigenvalue weighted by atomic mass is 9.82. The van der Waals surface area contributed by atoms with Gasteiger partial charge in [0, 0.05) is 23.2 Å². The molecule has 3 heterocycles. The number of halogens is 1. The first-order valence-electron chi connectivity index (χ1n) is 10.6. The Labute approximate surface area is 183 Å². The van der Waals surface area contributed by atoms with Crippen molar-refractivity contribution in [3.8, 4) is 5.75 Å². The molecule has 2 fully saturated rings. The fraction of sp³-hybridized carbons (Fsp3) is 0.667. The summed E-state index contributed by atoms with van der Waals surface area (Å²) in [7, 11) is -3.39. The number of carbonyl (C=O) groups excluding carboxylic acids is 1. The Morgan fingerprint density at radius 3 is 2.67 bits per heavy atom. The van der Waals surface area contributed by atoms with Crippen LogP contribution in [0.2, 0.25) is 5.02 Å². The van der Waals surface area contributed by atoms with Crippen LogP contribution < -0.4 is 9.46 Å². The molecule has 1 saturated carbocycles. The van der Waals surface area contributed by atoms with Gasteiger partial charge in [0.2, 0.25) is 10.0 Å². The van der Waals surface area contributed by atoms with E-state index in [0.29, 0.717) is 30.3 Å². The molecule has 9 heteroatoms. The maximum Gasteiger partial charge on any atom is 0.260 e. The Kier molecular flexibility index (Phi) is 6.58. The third kappa shape index (κ3) is 4.93. The zero-order valence-electron chi connectivity index (χ0n) is 17.2. The van der Waals surface area contributed by atoms with Gasteiger partial charge in [-0.15, -0.1) is 0 Å². The van der Waals surface area contributed by atoms with Crippen molar-refractivity contribution in [1.29, 1.82) is 0 Å². The average Bonchev–Trinajstić information content (AvgIpc) is 2.71. The Morgan fingerprint density at radius 1 is 1.17 bits per heavy atom. The van der Waals surface area contributed by atoms with E-state index in [4.69, 9.17) is 21.1 Å². The van der Waals surface area contributed by atoms with Crippen molar-refractivity contribution in [2.24, 2.45) is 0 Å². The molecule has 0 spiro atoms. The van der Waals surface area contributed by atoms with E-state index in [2.05, 4.69) is 4.72 Å². The average molecular weight is 457 g/mol. The van der Waals surface area contributed by atoms with Gasteiger partial charge in [0.25, 0.3) is 5.91 Å². The van der Waals surface area contributed by atoms with Crippen molar-refractivity contribution in [3.05, 3.63) is 28.8 Å². The Morgan fingerprint density at radius 2 is 1.93 bits per heavy atom. The van der Waals surface area contributed by atoms with Gasteiger partial charge in [-0.1, -0.05) is 17.7 Å². The molecule has 30 heavy (non-hydrogen) atoms. The highest BCUT2D eigenvalue weighted by Gasteiger charge is 2.37. The normalized spacial score (nSPS) is 30.3. The summed E-state index contributed by atoms with van der Waals surface area (Å²) in [6, 6.07) is 4.88. The zero-order valence-corrected chi connectivity index (χ0v) is 18.8. The Bertz CT molecular complexity index is 885. The molecule has 2 atom stereocenters. The van der Waals surface area contributed by atoms with Crippen LogP contribution >= 0.6 is 11.6 Å². The minimum atomic E-state index is -3.39. The van der Waals surface area contributed by atoms with E-state index in [0.717, 1.165) is 43.9 Å². The number of fused-ring (bicyclic) bond motifs is 5. The lowest BCUT2D eigenvalue weighted by molar-refractivity contribution is -0.140. The molecular weight excluding hydrogens is 428 g/mol. The number of piperidine rings is 1. The monoisotopic (exact) mass is 456 g/mol. The highest BCUT2D eigenvalue weighted by atomic mass is 35.5. The van der Waals surface area contributed by atoms with Crippen LogP contribution in [0.4, 0.5) is 0 Å². The SMILES string of the molecule is CS(=O)(=O)N[C@H]1CCCN2C(=O)COc3cccc(Cl)c3C3CCC(CC3)OC[C@@H]12. The predicted molar refractivity (Wildman–Crippen MR) is 114 cm³/mol. The molecule has 166 valence electrons. The van der Waals surface area contributed by atoms with E-state index in [1.807, 2.05) is 18.2 Å². The van der Waals surface area contributed by atoms with Crippen LogP contribution in [0.1, 0.15) is 50.0 Å². The summed E-state index contributed by atoms with van der Waals surface area (Å²) in [5.41, 5.74) is 0.983. The lowest BCUT2D eigenvalue weighted by Crippen LogP contribution is -2.59. The van der Waals surface area contributed by atoms with E-state index in [1.54, 1.807) is 4.90 Å². The molecule has 4 aliphatic rings. The van der Waals surface area contributed by atoms with Gasteiger partial charge < -0.3 is 14.4 Å². The lowest BCUT2D eigenvalue weighted by Gasteiger charge is -2.41. The third-order valence-electron chi connectivity index (χ3n) is 6.41. The highest BCUT2D eigenvalue weighted by Crippen LogP contribution is 2.42. The number of nitrogens with zero attached hydrogens (tertiary/aromatic N) is 1. The maximum absolute atomic E-state index is 13.1. The molecule has 1 amide bonds. The smallest absolute Gasteiger partial charge is 0.260 e. The Balaban J connectivity index is 1.63. The standard InChI is InChI=1S/C21H29ClN2O5S/c1-30(26,27)23-17-5-3-11-24-18(17)12-28-15-9-7-14(8-10-15)21-16(22)4-2-6-19(21)29-13-20(24)25/h2,4,6,14-15,17-18,23H,3,5,7-13H2,1H3/t14?,15?,17-,18-/m0/s1. The number of ether oxygens (including phenoxy) is 2. The molecule has 0 aromatic heterocycles. The summed E-state index contributed by atoms with van der Waals surface area (Å²) in [5, 5.41) is 0.674. The van der Waals surface area contributed by atoms with Crippen LogP contribution in [-0.4, -0.2) is 63.4 Å². The molecule has 1 N–H and O–H groups in total. The minimum absolute atomic E-state index is 0.103. The van der Waals surface area contributed by atoms with Crippen molar-refractivity contribution in [1.82, 2.24) is 9.62 Å². The van der Waals surface area contributed by atoms with Gasteiger partial charge in [0.05, 0.1) is 25.0 Å². The zero-order chi connectivity index (χ0) is 21.3. The van der Waals surface area contributed by atoms with Crippen LogP contribution in [-0.2, 0) is 19.6 Å². The summed E-state index contributed by atoms with van der Waals surface area (Å²) >= 11 is 6.51. The number of carbonyl (C=O) groups is 1. The minimum Gasteiger partial charge on any atom is -0.483 e. The molecule has 7 nitrogen and oxygen atoms in total. The quantitative estimate of drug-likeness (QED) is 0.739. The van der Waals surface area contributed by atoms with Gasteiger partial charge in [-0.25, -0.2) is 13.1 Å². The summed E-state index contributed by atoms with van der Waals surface area (Å²) in [6.07, 6.45) is 6.35. The second-order valence-electron chi connectivity index (χ2n) is 8.54. The fourth-order valence-corrected chi connectivity index (χ4v) is 6.14. The van der Waals surface area contributed by atoms with Crippen molar-refractivity contribution < 1.29 is 22.7 Å². The maximum atomic E-state index is 13.1. The van der Waals surface area contributed by atoms with Gasteiger partial charge in [-0.3, -0.25) is 4.79 Å². The van der Waals surface area contributed by atoms with Gasteiger partial charge in [0.15, 0.2) is 6.61 Å². The third-order valence-corrected chi connectivity index (χ3v) is 7.47. The predicted octanol–water partition coefficient (Wildman–Crippen LogP) is 2.68. The number of benzene rings is 1. The number of amides is 1. The van der Waals surface area contributed by atoms with Gasteiger partial charge in [-0.05, 0) is 56.6 Å². The molecular formula is C21H29ClN2O5S. The molecule has 0 radical (unpaired) electrons. The topological polar surface area (TPSA) is 84.9 Å². The van der Waals surface area contributed by atoms with Gasteiger partial charge in [0.1, 0.15) is 5.75 Å².